The molecule has 0 spiro atoms. The number of carbonyl (C=O) groups is 1. The van der Waals surface area contributed by atoms with Crippen molar-refractivity contribution in [2.45, 2.75) is 32.9 Å². The van der Waals surface area contributed by atoms with Gasteiger partial charge in [-0.3, -0.25) is 0 Å². The zero-order valence-electron chi connectivity index (χ0n) is 11.4. The number of methoxy groups -OCH3 is 1. The standard InChI is InChI=1S/C14H21NO3/c1-14(2,3)15-9-11-5-7-12(8-6-11)18-10-13(16)17-4/h5-8,15H,9-10H2,1-4H3. The maximum atomic E-state index is 10.9. The molecule has 1 N–H and O–H groups in total. The third kappa shape index (κ3) is 5.68. The normalized spacial score (nSPS) is 11.1. The topological polar surface area (TPSA) is 47.6 Å². The molecule has 1 rings (SSSR count). The van der Waals surface area contributed by atoms with Crippen LogP contribution in [0.15, 0.2) is 24.3 Å². The molecule has 0 fully saturated rings. The lowest BCUT2D eigenvalue weighted by atomic mass is 10.1. The maximum Gasteiger partial charge on any atom is 0.343 e. The van der Waals surface area contributed by atoms with Crippen molar-refractivity contribution in [2.75, 3.05) is 13.7 Å². The van der Waals surface area contributed by atoms with E-state index in [9.17, 15) is 4.79 Å². The van der Waals surface area contributed by atoms with Crippen LogP contribution in [0.3, 0.4) is 0 Å². The molecule has 1 aromatic carbocycles. The van der Waals surface area contributed by atoms with Crippen molar-refractivity contribution in [3.8, 4) is 5.75 Å². The second-order valence-electron chi connectivity index (χ2n) is 5.11. The summed E-state index contributed by atoms with van der Waals surface area (Å²) in [5.74, 6) is 0.286. The van der Waals surface area contributed by atoms with Gasteiger partial charge in [-0.25, -0.2) is 4.79 Å². The number of rotatable bonds is 5. The molecule has 0 aliphatic rings. The van der Waals surface area contributed by atoms with E-state index in [2.05, 4.69) is 30.8 Å². The van der Waals surface area contributed by atoms with E-state index in [0.29, 0.717) is 5.75 Å². The average Bonchev–Trinajstić information content (AvgIpc) is 2.33. The van der Waals surface area contributed by atoms with E-state index in [-0.39, 0.29) is 18.1 Å². The quantitative estimate of drug-likeness (QED) is 0.814. The minimum Gasteiger partial charge on any atom is -0.482 e. The van der Waals surface area contributed by atoms with Gasteiger partial charge in [0.2, 0.25) is 0 Å². The van der Waals surface area contributed by atoms with Gasteiger partial charge in [-0.1, -0.05) is 12.1 Å². The highest BCUT2D eigenvalue weighted by molar-refractivity contribution is 5.70. The van der Waals surface area contributed by atoms with E-state index in [1.54, 1.807) is 0 Å². The predicted octanol–water partition coefficient (Wildman–Crippen LogP) is 2.13. The van der Waals surface area contributed by atoms with Crippen molar-refractivity contribution in [1.29, 1.82) is 0 Å². The Hall–Kier alpha value is -1.55. The largest absolute Gasteiger partial charge is 0.482 e. The molecule has 0 saturated heterocycles. The molecule has 18 heavy (non-hydrogen) atoms. The predicted molar refractivity (Wildman–Crippen MR) is 70.5 cm³/mol. The van der Waals surface area contributed by atoms with Gasteiger partial charge in [0.1, 0.15) is 5.75 Å². The third-order valence-corrected chi connectivity index (χ3v) is 2.33. The Balaban J connectivity index is 2.45. The van der Waals surface area contributed by atoms with Gasteiger partial charge < -0.3 is 14.8 Å². The highest BCUT2D eigenvalue weighted by atomic mass is 16.6. The van der Waals surface area contributed by atoms with Gasteiger partial charge in [0.15, 0.2) is 6.61 Å². The Bertz CT molecular complexity index is 379. The fraction of sp³-hybridized carbons (Fsp3) is 0.500. The van der Waals surface area contributed by atoms with E-state index < -0.39 is 0 Å². The molecule has 0 aliphatic carbocycles. The first kappa shape index (κ1) is 14.5. The monoisotopic (exact) mass is 251 g/mol. The average molecular weight is 251 g/mol. The molecule has 0 unspecified atom stereocenters. The van der Waals surface area contributed by atoms with Gasteiger partial charge in [0.05, 0.1) is 7.11 Å². The van der Waals surface area contributed by atoms with Crippen molar-refractivity contribution in [3.63, 3.8) is 0 Å². The summed E-state index contributed by atoms with van der Waals surface area (Å²) in [5, 5.41) is 3.40. The molecule has 0 aromatic heterocycles. The van der Waals surface area contributed by atoms with Crippen LogP contribution in [-0.4, -0.2) is 25.2 Å². The van der Waals surface area contributed by atoms with Crippen LogP contribution in [-0.2, 0) is 16.1 Å². The van der Waals surface area contributed by atoms with Crippen LogP contribution in [0.4, 0.5) is 0 Å². The first-order valence-corrected chi connectivity index (χ1v) is 5.94. The molecule has 0 atom stereocenters. The number of esters is 1. The van der Waals surface area contributed by atoms with Crippen LogP contribution in [0.25, 0.3) is 0 Å². The Morgan fingerprint density at radius 1 is 1.22 bits per heavy atom. The third-order valence-electron chi connectivity index (χ3n) is 2.33. The lowest BCUT2D eigenvalue weighted by Crippen LogP contribution is -2.35. The summed E-state index contributed by atoms with van der Waals surface area (Å²) in [4.78, 5) is 10.9. The Kier molecular flexibility index (Phi) is 5.16. The van der Waals surface area contributed by atoms with Gasteiger partial charge >= 0.3 is 5.97 Å². The Morgan fingerprint density at radius 3 is 2.33 bits per heavy atom. The lowest BCUT2D eigenvalue weighted by Gasteiger charge is -2.20. The van der Waals surface area contributed by atoms with Crippen molar-refractivity contribution < 1.29 is 14.3 Å². The Labute approximate surface area is 108 Å². The molecule has 1 aromatic rings. The van der Waals surface area contributed by atoms with Crippen LogP contribution in [0.1, 0.15) is 26.3 Å². The molecule has 0 bridgehead atoms. The van der Waals surface area contributed by atoms with Crippen molar-refractivity contribution in [2.24, 2.45) is 0 Å². The number of hydrogen-bond acceptors (Lipinski definition) is 4. The number of benzene rings is 1. The highest BCUT2D eigenvalue weighted by Gasteiger charge is 2.08. The van der Waals surface area contributed by atoms with Crippen LogP contribution >= 0.6 is 0 Å². The zero-order valence-corrected chi connectivity index (χ0v) is 11.4. The summed E-state index contributed by atoms with van der Waals surface area (Å²) in [5.41, 5.74) is 1.27. The second-order valence-corrected chi connectivity index (χ2v) is 5.11. The molecule has 0 aliphatic heterocycles. The summed E-state index contributed by atoms with van der Waals surface area (Å²) < 4.78 is 9.76. The summed E-state index contributed by atoms with van der Waals surface area (Å²) in [6.07, 6.45) is 0. The lowest BCUT2D eigenvalue weighted by molar-refractivity contribution is -0.142. The molecule has 4 nitrogen and oxygen atoms in total. The molecule has 100 valence electrons. The minimum atomic E-state index is -0.381. The van der Waals surface area contributed by atoms with Crippen molar-refractivity contribution >= 4 is 5.97 Å². The highest BCUT2D eigenvalue weighted by Crippen LogP contribution is 2.13. The smallest absolute Gasteiger partial charge is 0.343 e. The van der Waals surface area contributed by atoms with Crippen molar-refractivity contribution in [3.05, 3.63) is 29.8 Å². The van der Waals surface area contributed by atoms with E-state index in [4.69, 9.17) is 4.74 Å². The summed E-state index contributed by atoms with van der Waals surface area (Å²) in [6, 6.07) is 7.65. The van der Waals surface area contributed by atoms with Gasteiger partial charge in [-0.2, -0.15) is 0 Å². The van der Waals surface area contributed by atoms with E-state index in [1.807, 2.05) is 24.3 Å². The Morgan fingerprint density at radius 2 is 1.83 bits per heavy atom. The number of ether oxygens (including phenoxy) is 2. The fourth-order valence-corrected chi connectivity index (χ4v) is 1.27. The van der Waals surface area contributed by atoms with Gasteiger partial charge in [0, 0.05) is 12.1 Å². The van der Waals surface area contributed by atoms with Crippen LogP contribution in [0.5, 0.6) is 5.75 Å². The minimum absolute atomic E-state index is 0.0594. The van der Waals surface area contributed by atoms with Gasteiger partial charge in [0.25, 0.3) is 0 Å². The van der Waals surface area contributed by atoms with Gasteiger partial charge in [-0.15, -0.1) is 0 Å². The SMILES string of the molecule is COC(=O)COc1ccc(CNC(C)(C)C)cc1. The van der Waals surface area contributed by atoms with E-state index >= 15 is 0 Å². The summed E-state index contributed by atoms with van der Waals surface area (Å²) in [6.45, 7) is 7.12. The number of nitrogens with one attached hydrogen (secondary N) is 1. The molecular weight excluding hydrogens is 230 g/mol. The molecule has 0 heterocycles. The van der Waals surface area contributed by atoms with E-state index in [1.165, 1.54) is 12.7 Å². The summed E-state index contributed by atoms with van der Waals surface area (Å²) in [7, 11) is 1.34. The van der Waals surface area contributed by atoms with Crippen molar-refractivity contribution in [1.82, 2.24) is 5.32 Å². The first-order valence-electron chi connectivity index (χ1n) is 5.94. The first-order chi connectivity index (χ1) is 8.40. The molecular formula is C14H21NO3. The second kappa shape index (κ2) is 6.40. The molecule has 4 heteroatoms. The van der Waals surface area contributed by atoms with Crippen LogP contribution in [0.2, 0.25) is 0 Å². The van der Waals surface area contributed by atoms with Crippen LogP contribution < -0.4 is 10.1 Å². The summed E-state index contributed by atoms with van der Waals surface area (Å²) >= 11 is 0. The molecule has 0 radical (unpaired) electrons. The molecule has 0 saturated carbocycles. The van der Waals surface area contributed by atoms with Gasteiger partial charge in [-0.05, 0) is 38.5 Å². The number of hydrogen-bond donors (Lipinski definition) is 1. The number of carbonyl (C=O) groups excluding carboxylic acids is 1. The zero-order chi connectivity index (χ0) is 13.6. The van der Waals surface area contributed by atoms with Crippen LogP contribution in [0, 0.1) is 0 Å². The maximum absolute atomic E-state index is 10.9. The van der Waals surface area contributed by atoms with E-state index in [0.717, 1.165) is 6.54 Å². The fourth-order valence-electron chi connectivity index (χ4n) is 1.27. The molecule has 0 amide bonds.